The first kappa shape index (κ1) is 23.3. The Kier molecular flexibility index (Phi) is 7.87. The van der Waals surface area contributed by atoms with Gasteiger partial charge in [-0.1, -0.05) is 13.8 Å². The van der Waals surface area contributed by atoms with E-state index in [-0.39, 0.29) is 29.0 Å². The van der Waals surface area contributed by atoms with Crippen LogP contribution in [0.3, 0.4) is 0 Å². The molecule has 2 heterocycles. The smallest absolute Gasteiger partial charge is 0.331 e. The Morgan fingerprint density at radius 3 is 2.47 bits per heavy atom. The predicted molar refractivity (Wildman–Crippen MR) is 107 cm³/mol. The zero-order valence-corrected chi connectivity index (χ0v) is 17.5. The SMILES string of the molecule is CC(=N)C(NC(=O)c1ncccc1O)C(C)OC(=O)C(NC(=O)C(C)C)C1CCO1. The third kappa shape index (κ3) is 5.76. The molecule has 0 aliphatic carbocycles. The average molecular weight is 420 g/mol. The van der Waals surface area contributed by atoms with E-state index in [0.29, 0.717) is 13.0 Å². The lowest BCUT2D eigenvalue weighted by molar-refractivity contribution is -0.164. The third-order valence-electron chi connectivity index (χ3n) is 4.71. The van der Waals surface area contributed by atoms with Gasteiger partial charge in [-0.05, 0) is 32.4 Å². The van der Waals surface area contributed by atoms with Crippen LogP contribution in [0.2, 0.25) is 0 Å². The quantitative estimate of drug-likeness (QED) is 0.340. The molecule has 0 radical (unpaired) electrons. The minimum Gasteiger partial charge on any atom is -0.505 e. The molecule has 1 aliphatic rings. The molecule has 0 saturated carbocycles. The molecule has 1 fully saturated rings. The topological polar surface area (TPSA) is 151 Å². The molecule has 4 unspecified atom stereocenters. The lowest BCUT2D eigenvalue weighted by Crippen LogP contribution is -2.57. The Balaban J connectivity index is 2.08. The third-order valence-corrected chi connectivity index (χ3v) is 4.71. The van der Waals surface area contributed by atoms with E-state index in [4.69, 9.17) is 14.9 Å². The van der Waals surface area contributed by atoms with Crippen molar-refractivity contribution in [3.63, 3.8) is 0 Å². The number of aromatic hydroxyl groups is 1. The number of ether oxygens (including phenoxy) is 2. The number of rotatable bonds is 9. The lowest BCUT2D eigenvalue weighted by Gasteiger charge is -2.34. The molecule has 1 saturated heterocycles. The molecule has 4 atom stereocenters. The summed E-state index contributed by atoms with van der Waals surface area (Å²) in [4.78, 5) is 41.1. The van der Waals surface area contributed by atoms with Crippen LogP contribution < -0.4 is 10.6 Å². The van der Waals surface area contributed by atoms with E-state index in [9.17, 15) is 19.5 Å². The van der Waals surface area contributed by atoms with E-state index in [1.54, 1.807) is 13.8 Å². The molecule has 1 aliphatic heterocycles. The second-order valence-electron chi connectivity index (χ2n) is 7.49. The van der Waals surface area contributed by atoms with Crippen molar-refractivity contribution in [2.24, 2.45) is 5.92 Å². The number of esters is 1. The highest BCUT2D eigenvalue weighted by Crippen LogP contribution is 2.18. The van der Waals surface area contributed by atoms with Crippen molar-refractivity contribution in [3.05, 3.63) is 24.0 Å². The van der Waals surface area contributed by atoms with E-state index < -0.39 is 36.2 Å². The van der Waals surface area contributed by atoms with Gasteiger partial charge in [-0.3, -0.25) is 9.59 Å². The summed E-state index contributed by atoms with van der Waals surface area (Å²) in [5.41, 5.74) is -0.158. The van der Waals surface area contributed by atoms with Gasteiger partial charge in [0, 0.05) is 24.4 Å². The van der Waals surface area contributed by atoms with Gasteiger partial charge in [0.1, 0.15) is 17.9 Å². The summed E-state index contributed by atoms with van der Waals surface area (Å²) in [6.45, 7) is 6.90. The van der Waals surface area contributed by atoms with Crippen LogP contribution >= 0.6 is 0 Å². The number of aromatic nitrogens is 1. The molecular formula is C20H28N4O6. The van der Waals surface area contributed by atoms with Crippen molar-refractivity contribution in [3.8, 4) is 5.75 Å². The van der Waals surface area contributed by atoms with Crippen LogP contribution in [0.1, 0.15) is 44.6 Å². The van der Waals surface area contributed by atoms with E-state index in [1.807, 2.05) is 0 Å². The lowest BCUT2D eigenvalue weighted by atomic mass is 10.0. The molecule has 1 aromatic heterocycles. The maximum absolute atomic E-state index is 12.7. The van der Waals surface area contributed by atoms with Crippen LogP contribution in [-0.2, 0) is 19.1 Å². The highest BCUT2D eigenvalue weighted by atomic mass is 16.6. The van der Waals surface area contributed by atoms with Gasteiger partial charge in [0.05, 0.1) is 6.10 Å². The minimum atomic E-state index is -0.974. The van der Waals surface area contributed by atoms with Crippen molar-refractivity contribution in [1.82, 2.24) is 15.6 Å². The van der Waals surface area contributed by atoms with Crippen molar-refractivity contribution in [1.29, 1.82) is 5.41 Å². The Hall–Kier alpha value is -3.01. The maximum Gasteiger partial charge on any atom is 0.331 e. The fraction of sp³-hybridized carbons (Fsp3) is 0.550. The summed E-state index contributed by atoms with van der Waals surface area (Å²) in [6.07, 6.45) is 0.565. The number of carbonyl (C=O) groups is 3. The number of pyridine rings is 1. The van der Waals surface area contributed by atoms with E-state index in [2.05, 4.69) is 15.6 Å². The highest BCUT2D eigenvalue weighted by Gasteiger charge is 2.38. The molecule has 10 nitrogen and oxygen atoms in total. The zero-order valence-electron chi connectivity index (χ0n) is 17.5. The number of nitrogens with zero attached hydrogens (tertiary/aromatic N) is 1. The van der Waals surface area contributed by atoms with Gasteiger partial charge in [0.25, 0.3) is 5.91 Å². The van der Waals surface area contributed by atoms with Gasteiger partial charge in [-0.2, -0.15) is 0 Å². The maximum atomic E-state index is 12.7. The Labute approximate surface area is 174 Å². The fourth-order valence-electron chi connectivity index (χ4n) is 2.82. The fourth-order valence-corrected chi connectivity index (χ4v) is 2.82. The Morgan fingerprint density at radius 1 is 1.30 bits per heavy atom. The number of amides is 2. The van der Waals surface area contributed by atoms with Crippen LogP contribution in [0.5, 0.6) is 5.75 Å². The Bertz CT molecular complexity index is 808. The second-order valence-corrected chi connectivity index (χ2v) is 7.49. The minimum absolute atomic E-state index is 0.0433. The van der Waals surface area contributed by atoms with Gasteiger partial charge in [0.15, 0.2) is 11.7 Å². The molecule has 0 aromatic carbocycles. The van der Waals surface area contributed by atoms with Gasteiger partial charge >= 0.3 is 5.97 Å². The first-order chi connectivity index (χ1) is 14.1. The number of carbonyl (C=O) groups excluding carboxylic acids is 3. The zero-order chi connectivity index (χ0) is 22.4. The van der Waals surface area contributed by atoms with Crippen LogP contribution in [0.4, 0.5) is 0 Å². The van der Waals surface area contributed by atoms with Crippen molar-refractivity contribution >= 4 is 23.5 Å². The van der Waals surface area contributed by atoms with Gasteiger partial charge in [-0.25, -0.2) is 9.78 Å². The molecule has 0 bridgehead atoms. The molecule has 2 amide bonds. The molecular weight excluding hydrogens is 392 g/mol. The standard InChI is InChI=1S/C20H28N4O6/c1-10(2)18(26)24-17(14-7-9-29-14)20(28)30-12(4)15(11(3)21)23-19(27)16-13(25)6-5-8-22-16/h5-6,8,10,12,14-15,17,21,25H,7,9H2,1-4H3,(H,23,27)(H,24,26). The normalized spacial score (nSPS) is 18.5. The Morgan fingerprint density at radius 2 is 1.97 bits per heavy atom. The number of nitrogens with one attached hydrogen (secondary N) is 3. The largest absolute Gasteiger partial charge is 0.505 e. The summed E-state index contributed by atoms with van der Waals surface area (Å²) >= 11 is 0. The van der Waals surface area contributed by atoms with Crippen LogP contribution in [0, 0.1) is 11.3 Å². The molecule has 30 heavy (non-hydrogen) atoms. The summed E-state index contributed by atoms with van der Waals surface area (Å²) in [7, 11) is 0. The van der Waals surface area contributed by atoms with Gasteiger partial charge < -0.3 is 30.6 Å². The molecule has 10 heteroatoms. The second kappa shape index (κ2) is 10.1. The van der Waals surface area contributed by atoms with Gasteiger partial charge in [0.2, 0.25) is 5.91 Å². The van der Waals surface area contributed by atoms with Crippen LogP contribution in [-0.4, -0.2) is 64.5 Å². The molecule has 2 rings (SSSR count). The summed E-state index contributed by atoms with van der Waals surface area (Å²) < 4.78 is 10.8. The summed E-state index contributed by atoms with van der Waals surface area (Å²) in [5.74, 6) is -2.35. The van der Waals surface area contributed by atoms with Crippen molar-refractivity contribution < 1.29 is 29.0 Å². The molecule has 0 spiro atoms. The van der Waals surface area contributed by atoms with E-state index >= 15 is 0 Å². The number of hydrogen-bond donors (Lipinski definition) is 4. The molecule has 4 N–H and O–H groups in total. The summed E-state index contributed by atoms with van der Waals surface area (Å²) in [6, 6.07) is 0.868. The van der Waals surface area contributed by atoms with Crippen molar-refractivity contribution in [2.45, 2.75) is 58.4 Å². The van der Waals surface area contributed by atoms with E-state index in [1.165, 1.54) is 32.2 Å². The molecule has 1 aromatic rings. The van der Waals surface area contributed by atoms with Crippen LogP contribution in [0.15, 0.2) is 18.3 Å². The predicted octanol–water partition coefficient (Wildman–Crippen LogP) is 0.787. The average Bonchev–Trinajstić information content (AvgIpc) is 2.63. The summed E-state index contributed by atoms with van der Waals surface area (Å²) in [5, 5.41) is 23.0. The molecule has 164 valence electrons. The van der Waals surface area contributed by atoms with Crippen molar-refractivity contribution in [2.75, 3.05) is 6.61 Å². The highest BCUT2D eigenvalue weighted by molar-refractivity contribution is 5.98. The number of hydrogen-bond acceptors (Lipinski definition) is 8. The van der Waals surface area contributed by atoms with Crippen LogP contribution in [0.25, 0.3) is 0 Å². The van der Waals surface area contributed by atoms with E-state index in [0.717, 1.165) is 0 Å². The van der Waals surface area contributed by atoms with Gasteiger partial charge in [-0.15, -0.1) is 0 Å². The first-order valence-corrected chi connectivity index (χ1v) is 9.74. The first-order valence-electron chi connectivity index (χ1n) is 9.74. The monoisotopic (exact) mass is 420 g/mol.